The lowest BCUT2D eigenvalue weighted by Gasteiger charge is -2.34. The summed E-state index contributed by atoms with van der Waals surface area (Å²) in [5.74, 6) is -0.0604. The van der Waals surface area contributed by atoms with E-state index in [9.17, 15) is 13.2 Å². The Labute approximate surface area is 127 Å². The molecule has 0 aromatic carbocycles. The monoisotopic (exact) mass is 335 g/mol. The molecule has 1 heterocycles. The maximum atomic E-state index is 12.1. The Morgan fingerprint density at radius 2 is 2.00 bits per heavy atom. The van der Waals surface area contributed by atoms with E-state index in [0.29, 0.717) is 4.88 Å². The van der Waals surface area contributed by atoms with Gasteiger partial charge >= 0.3 is 0 Å². The van der Waals surface area contributed by atoms with E-state index >= 15 is 0 Å². The van der Waals surface area contributed by atoms with Crippen LogP contribution in [-0.2, 0) is 20.3 Å². The van der Waals surface area contributed by atoms with Gasteiger partial charge in [-0.1, -0.05) is 19.3 Å². The van der Waals surface area contributed by atoms with Crippen molar-refractivity contribution in [3.05, 3.63) is 17.0 Å². The fourth-order valence-corrected chi connectivity index (χ4v) is 4.70. The Balaban J connectivity index is 1.96. The number of carbonyl (C=O) groups excluding carboxylic acids is 1. The number of thiophene rings is 1. The molecule has 0 unspecified atom stereocenters. The van der Waals surface area contributed by atoms with Crippen LogP contribution >= 0.6 is 22.0 Å². The van der Waals surface area contributed by atoms with Crippen LogP contribution in [0.25, 0.3) is 0 Å². The van der Waals surface area contributed by atoms with Crippen LogP contribution in [0.4, 0.5) is 0 Å². The summed E-state index contributed by atoms with van der Waals surface area (Å²) < 4.78 is 22.4. The standard InChI is InChI=1S/C13H18ClNO3S2/c1-13(7-3-2-4-8-13)15-11(16)9-10-5-6-12(19-10)20(14,17)18/h5-6H,2-4,7-9H2,1H3,(H,15,16). The topological polar surface area (TPSA) is 63.2 Å². The van der Waals surface area contributed by atoms with Gasteiger partial charge in [-0.25, -0.2) is 8.42 Å². The molecule has 4 nitrogen and oxygen atoms in total. The van der Waals surface area contributed by atoms with Gasteiger partial charge in [0.25, 0.3) is 9.05 Å². The number of carbonyl (C=O) groups is 1. The molecule has 0 bridgehead atoms. The predicted molar refractivity (Wildman–Crippen MR) is 80.7 cm³/mol. The zero-order chi connectivity index (χ0) is 14.8. The number of halogens is 1. The average Bonchev–Trinajstić information content (AvgIpc) is 2.77. The van der Waals surface area contributed by atoms with Gasteiger partial charge in [0, 0.05) is 21.1 Å². The van der Waals surface area contributed by atoms with Crippen molar-refractivity contribution in [1.82, 2.24) is 5.32 Å². The lowest BCUT2D eigenvalue weighted by molar-refractivity contribution is -0.122. The summed E-state index contributed by atoms with van der Waals surface area (Å²) in [6, 6.07) is 3.08. The fourth-order valence-electron chi connectivity index (χ4n) is 2.58. The average molecular weight is 336 g/mol. The van der Waals surface area contributed by atoms with Gasteiger partial charge in [0.1, 0.15) is 4.21 Å². The minimum absolute atomic E-state index is 0.0604. The molecular formula is C13H18ClNO3S2. The van der Waals surface area contributed by atoms with Crippen molar-refractivity contribution in [1.29, 1.82) is 0 Å². The van der Waals surface area contributed by atoms with Crippen LogP contribution in [0.5, 0.6) is 0 Å². The van der Waals surface area contributed by atoms with Crippen LogP contribution in [0.3, 0.4) is 0 Å². The quantitative estimate of drug-likeness (QED) is 0.860. The molecule has 2 rings (SSSR count). The summed E-state index contributed by atoms with van der Waals surface area (Å²) in [7, 11) is 1.57. The lowest BCUT2D eigenvalue weighted by atomic mass is 9.83. The van der Waals surface area contributed by atoms with E-state index in [-0.39, 0.29) is 22.1 Å². The summed E-state index contributed by atoms with van der Waals surface area (Å²) in [5.41, 5.74) is -0.117. The molecule has 1 fully saturated rings. The Morgan fingerprint density at radius 1 is 1.35 bits per heavy atom. The Hall–Kier alpha value is -0.590. The minimum atomic E-state index is -3.70. The fraction of sp³-hybridized carbons (Fsp3) is 0.615. The van der Waals surface area contributed by atoms with Crippen molar-refractivity contribution in [3.8, 4) is 0 Å². The molecule has 0 aliphatic heterocycles. The smallest absolute Gasteiger partial charge is 0.270 e. The first-order chi connectivity index (χ1) is 9.28. The van der Waals surface area contributed by atoms with E-state index in [0.717, 1.165) is 37.0 Å². The van der Waals surface area contributed by atoms with Crippen LogP contribution in [-0.4, -0.2) is 19.9 Å². The van der Waals surface area contributed by atoms with Gasteiger partial charge in [-0.3, -0.25) is 4.79 Å². The first kappa shape index (κ1) is 15.8. The highest BCUT2D eigenvalue weighted by molar-refractivity contribution is 8.15. The molecular weight excluding hydrogens is 318 g/mol. The van der Waals surface area contributed by atoms with Crippen LogP contribution in [0.15, 0.2) is 16.3 Å². The zero-order valence-electron chi connectivity index (χ0n) is 11.3. The van der Waals surface area contributed by atoms with E-state index < -0.39 is 9.05 Å². The van der Waals surface area contributed by atoms with Crippen LogP contribution in [0.2, 0.25) is 0 Å². The van der Waals surface area contributed by atoms with E-state index in [2.05, 4.69) is 12.2 Å². The van der Waals surface area contributed by atoms with Crippen molar-refractivity contribution in [2.24, 2.45) is 0 Å². The molecule has 1 aromatic rings. The molecule has 20 heavy (non-hydrogen) atoms. The third-order valence-electron chi connectivity index (χ3n) is 3.61. The molecule has 0 atom stereocenters. The molecule has 112 valence electrons. The van der Waals surface area contributed by atoms with Gasteiger partial charge < -0.3 is 5.32 Å². The molecule has 1 aromatic heterocycles. The Kier molecular flexibility index (Phi) is 4.76. The lowest BCUT2D eigenvalue weighted by Crippen LogP contribution is -2.47. The van der Waals surface area contributed by atoms with E-state index in [1.807, 2.05) is 0 Å². The molecule has 1 saturated carbocycles. The number of rotatable bonds is 4. The molecule has 1 aliphatic rings. The van der Waals surface area contributed by atoms with Crippen LogP contribution < -0.4 is 5.32 Å². The summed E-state index contributed by atoms with van der Waals surface area (Å²) in [6.45, 7) is 2.08. The first-order valence-corrected chi connectivity index (χ1v) is 9.75. The van der Waals surface area contributed by atoms with Gasteiger partial charge in [0.05, 0.1) is 6.42 Å². The van der Waals surface area contributed by atoms with Gasteiger partial charge in [0.15, 0.2) is 0 Å². The van der Waals surface area contributed by atoms with Crippen molar-refractivity contribution >= 4 is 37.0 Å². The maximum Gasteiger partial charge on any atom is 0.270 e. The summed E-state index contributed by atoms with van der Waals surface area (Å²) in [4.78, 5) is 12.8. The molecule has 1 aliphatic carbocycles. The Morgan fingerprint density at radius 3 is 2.55 bits per heavy atom. The number of amides is 1. The summed E-state index contributed by atoms with van der Waals surface area (Å²) >= 11 is 1.05. The third-order valence-corrected chi connectivity index (χ3v) is 6.79. The van der Waals surface area contributed by atoms with Crippen molar-refractivity contribution in [2.75, 3.05) is 0 Å². The second-order valence-corrected chi connectivity index (χ2v) is 9.47. The number of hydrogen-bond acceptors (Lipinski definition) is 4. The van der Waals surface area contributed by atoms with Crippen molar-refractivity contribution < 1.29 is 13.2 Å². The van der Waals surface area contributed by atoms with Crippen molar-refractivity contribution in [3.63, 3.8) is 0 Å². The van der Waals surface area contributed by atoms with E-state index in [1.54, 1.807) is 6.07 Å². The highest BCUT2D eigenvalue weighted by atomic mass is 35.7. The second kappa shape index (κ2) is 6.03. The molecule has 7 heteroatoms. The first-order valence-electron chi connectivity index (χ1n) is 6.63. The molecule has 1 amide bonds. The van der Waals surface area contributed by atoms with Crippen LogP contribution in [0.1, 0.15) is 43.9 Å². The third kappa shape index (κ3) is 4.20. The zero-order valence-corrected chi connectivity index (χ0v) is 13.7. The minimum Gasteiger partial charge on any atom is -0.351 e. The second-order valence-electron chi connectivity index (χ2n) is 5.50. The largest absolute Gasteiger partial charge is 0.351 e. The van der Waals surface area contributed by atoms with Crippen LogP contribution in [0, 0.1) is 0 Å². The molecule has 0 radical (unpaired) electrons. The van der Waals surface area contributed by atoms with Gasteiger partial charge in [-0.2, -0.15) is 0 Å². The predicted octanol–water partition coefficient (Wildman–Crippen LogP) is 3.06. The Bertz CT molecular complexity index is 589. The molecule has 1 N–H and O–H groups in total. The van der Waals surface area contributed by atoms with Gasteiger partial charge in [-0.05, 0) is 31.9 Å². The van der Waals surface area contributed by atoms with Gasteiger partial charge in [0.2, 0.25) is 5.91 Å². The highest BCUT2D eigenvalue weighted by Crippen LogP contribution is 2.28. The van der Waals surface area contributed by atoms with Gasteiger partial charge in [-0.15, -0.1) is 11.3 Å². The van der Waals surface area contributed by atoms with Crippen molar-refractivity contribution in [2.45, 2.75) is 55.2 Å². The normalized spacial score (nSPS) is 18.7. The number of nitrogens with one attached hydrogen (secondary N) is 1. The SMILES string of the molecule is CC1(NC(=O)Cc2ccc(S(=O)(=O)Cl)s2)CCCCC1. The van der Waals surface area contributed by atoms with E-state index in [4.69, 9.17) is 10.7 Å². The maximum absolute atomic E-state index is 12.1. The number of hydrogen-bond donors (Lipinski definition) is 1. The highest BCUT2D eigenvalue weighted by Gasteiger charge is 2.28. The molecule has 0 saturated heterocycles. The van der Waals surface area contributed by atoms with E-state index in [1.165, 1.54) is 12.5 Å². The molecule has 0 spiro atoms. The summed E-state index contributed by atoms with van der Waals surface area (Å²) in [6.07, 6.45) is 5.73. The summed E-state index contributed by atoms with van der Waals surface area (Å²) in [5, 5.41) is 3.08.